The van der Waals surface area contributed by atoms with Gasteiger partial charge in [-0.2, -0.15) is 0 Å². The SMILES string of the molecule is C=CC(=O)N(c1ccc(OC)cc1)C(C(=O)OCC)[C@@H]1CCCCC1=O. The third-order valence-electron chi connectivity index (χ3n) is 4.55. The fourth-order valence-electron chi connectivity index (χ4n) is 3.29. The van der Waals surface area contributed by atoms with Crippen molar-refractivity contribution in [1.29, 1.82) is 0 Å². The quantitative estimate of drug-likeness (QED) is 0.553. The molecule has 0 bridgehead atoms. The summed E-state index contributed by atoms with van der Waals surface area (Å²) in [6, 6.07) is 5.76. The number of ketones is 1. The first-order valence-corrected chi connectivity index (χ1v) is 8.82. The van der Waals surface area contributed by atoms with Crippen molar-refractivity contribution in [2.45, 2.75) is 38.6 Å². The second-order valence-corrected chi connectivity index (χ2v) is 6.13. The van der Waals surface area contributed by atoms with Gasteiger partial charge in [0.15, 0.2) is 0 Å². The van der Waals surface area contributed by atoms with E-state index in [4.69, 9.17) is 9.47 Å². The zero-order valence-electron chi connectivity index (χ0n) is 15.3. The van der Waals surface area contributed by atoms with Crippen LogP contribution in [-0.2, 0) is 19.1 Å². The van der Waals surface area contributed by atoms with E-state index < -0.39 is 23.8 Å². The lowest BCUT2D eigenvalue weighted by Crippen LogP contribution is -2.52. The zero-order valence-corrected chi connectivity index (χ0v) is 15.3. The standard InChI is InChI=1S/C20H25NO5/c1-4-18(23)21(14-10-12-15(25-3)13-11-14)19(20(24)26-5-2)16-8-6-7-9-17(16)22/h4,10-13,16,19H,1,5-9H2,2-3H3/t16-,19?/m1/s1. The molecule has 0 aromatic heterocycles. The number of hydrogen-bond acceptors (Lipinski definition) is 5. The molecule has 1 amide bonds. The van der Waals surface area contributed by atoms with Crippen molar-refractivity contribution in [1.82, 2.24) is 0 Å². The van der Waals surface area contributed by atoms with Crippen molar-refractivity contribution in [2.24, 2.45) is 5.92 Å². The maximum atomic E-state index is 12.7. The van der Waals surface area contributed by atoms with E-state index in [2.05, 4.69) is 6.58 Å². The van der Waals surface area contributed by atoms with Crippen molar-refractivity contribution >= 4 is 23.3 Å². The summed E-state index contributed by atoms with van der Waals surface area (Å²) in [5, 5.41) is 0. The lowest BCUT2D eigenvalue weighted by Gasteiger charge is -2.35. The van der Waals surface area contributed by atoms with Crippen molar-refractivity contribution in [3.05, 3.63) is 36.9 Å². The molecule has 2 atom stereocenters. The molecule has 1 aliphatic rings. The molecule has 1 aromatic rings. The van der Waals surface area contributed by atoms with E-state index in [1.54, 1.807) is 38.3 Å². The molecule has 2 rings (SSSR count). The van der Waals surface area contributed by atoms with Gasteiger partial charge in [-0.3, -0.25) is 14.5 Å². The minimum absolute atomic E-state index is 0.00956. The van der Waals surface area contributed by atoms with E-state index >= 15 is 0 Å². The smallest absolute Gasteiger partial charge is 0.330 e. The van der Waals surface area contributed by atoms with Crippen LogP contribution in [0.5, 0.6) is 5.75 Å². The molecule has 0 N–H and O–H groups in total. The molecule has 0 saturated heterocycles. The van der Waals surface area contributed by atoms with Crippen LogP contribution in [0.25, 0.3) is 0 Å². The number of hydrogen-bond donors (Lipinski definition) is 0. The Morgan fingerprint density at radius 1 is 1.31 bits per heavy atom. The van der Waals surface area contributed by atoms with E-state index in [0.717, 1.165) is 18.9 Å². The number of benzene rings is 1. The maximum absolute atomic E-state index is 12.7. The van der Waals surface area contributed by atoms with Gasteiger partial charge in [-0.1, -0.05) is 13.0 Å². The molecule has 0 radical (unpaired) electrons. The molecule has 6 heteroatoms. The van der Waals surface area contributed by atoms with Gasteiger partial charge in [0, 0.05) is 18.0 Å². The van der Waals surface area contributed by atoms with E-state index in [1.807, 2.05) is 0 Å². The highest BCUT2D eigenvalue weighted by Gasteiger charge is 2.42. The summed E-state index contributed by atoms with van der Waals surface area (Å²) in [6.07, 6.45) is 3.76. The third-order valence-corrected chi connectivity index (χ3v) is 4.55. The lowest BCUT2D eigenvalue weighted by molar-refractivity contribution is -0.149. The molecule has 6 nitrogen and oxygen atoms in total. The Morgan fingerprint density at radius 2 is 2.00 bits per heavy atom. The van der Waals surface area contributed by atoms with Crippen LogP contribution in [-0.4, -0.2) is 37.4 Å². The molecule has 1 saturated carbocycles. The fourth-order valence-corrected chi connectivity index (χ4v) is 3.29. The first-order chi connectivity index (χ1) is 12.5. The molecule has 1 fully saturated rings. The fraction of sp³-hybridized carbons (Fsp3) is 0.450. The highest BCUT2D eigenvalue weighted by atomic mass is 16.5. The van der Waals surface area contributed by atoms with E-state index in [9.17, 15) is 14.4 Å². The second-order valence-electron chi connectivity index (χ2n) is 6.13. The number of nitrogens with zero attached hydrogens (tertiary/aromatic N) is 1. The highest BCUT2D eigenvalue weighted by Crippen LogP contribution is 2.31. The van der Waals surface area contributed by atoms with E-state index in [0.29, 0.717) is 24.3 Å². The number of esters is 1. The summed E-state index contributed by atoms with van der Waals surface area (Å²) >= 11 is 0. The summed E-state index contributed by atoms with van der Waals surface area (Å²) in [6.45, 7) is 5.41. The van der Waals surface area contributed by atoms with Crippen molar-refractivity contribution in [2.75, 3.05) is 18.6 Å². The molecule has 1 aromatic carbocycles. The number of Topliss-reactive ketones (excluding diaryl/α,β-unsaturated/α-hetero) is 1. The summed E-state index contributed by atoms with van der Waals surface area (Å²) < 4.78 is 10.3. The van der Waals surface area contributed by atoms with E-state index in [1.165, 1.54) is 4.90 Å². The lowest BCUT2D eigenvalue weighted by atomic mass is 9.81. The molecular weight excluding hydrogens is 334 g/mol. The Bertz CT molecular complexity index is 667. The van der Waals surface area contributed by atoms with Crippen LogP contribution in [0.4, 0.5) is 5.69 Å². The number of anilines is 1. The van der Waals surface area contributed by atoms with Crippen LogP contribution in [0.3, 0.4) is 0 Å². The first kappa shape index (κ1) is 19.7. The molecule has 0 spiro atoms. The van der Waals surface area contributed by atoms with Gasteiger partial charge in [0.1, 0.15) is 17.6 Å². The number of rotatable bonds is 7. The predicted octanol–water partition coefficient (Wildman–Crippen LogP) is 2.91. The summed E-state index contributed by atoms with van der Waals surface area (Å²) in [7, 11) is 1.55. The monoisotopic (exact) mass is 359 g/mol. The average Bonchev–Trinajstić information content (AvgIpc) is 2.66. The van der Waals surface area contributed by atoms with Crippen LogP contribution in [0.1, 0.15) is 32.6 Å². The molecule has 1 unspecified atom stereocenters. The molecular formula is C20H25NO5. The number of amides is 1. The van der Waals surface area contributed by atoms with Gasteiger partial charge in [0.25, 0.3) is 5.91 Å². The van der Waals surface area contributed by atoms with Crippen LogP contribution in [0.2, 0.25) is 0 Å². The van der Waals surface area contributed by atoms with Crippen LogP contribution in [0, 0.1) is 5.92 Å². The van der Waals surface area contributed by atoms with Gasteiger partial charge in [-0.05, 0) is 50.1 Å². The predicted molar refractivity (Wildman–Crippen MR) is 98.1 cm³/mol. The molecule has 0 aliphatic heterocycles. The van der Waals surface area contributed by atoms with Crippen molar-refractivity contribution in [3.63, 3.8) is 0 Å². The molecule has 26 heavy (non-hydrogen) atoms. The Morgan fingerprint density at radius 3 is 2.54 bits per heavy atom. The highest BCUT2D eigenvalue weighted by molar-refractivity contribution is 6.07. The number of ether oxygens (including phenoxy) is 2. The van der Waals surface area contributed by atoms with Gasteiger partial charge in [0.2, 0.25) is 0 Å². The number of methoxy groups -OCH3 is 1. The first-order valence-electron chi connectivity index (χ1n) is 8.82. The van der Waals surface area contributed by atoms with E-state index in [-0.39, 0.29) is 12.4 Å². The van der Waals surface area contributed by atoms with Crippen LogP contribution in [0.15, 0.2) is 36.9 Å². The van der Waals surface area contributed by atoms with Crippen molar-refractivity contribution in [3.8, 4) is 5.75 Å². The van der Waals surface area contributed by atoms with Gasteiger partial charge >= 0.3 is 5.97 Å². The Balaban J connectivity index is 2.48. The normalized spacial score (nSPS) is 17.9. The zero-order chi connectivity index (χ0) is 19.1. The van der Waals surface area contributed by atoms with Gasteiger partial charge in [0.05, 0.1) is 13.7 Å². The Hall–Kier alpha value is -2.63. The van der Waals surface area contributed by atoms with Gasteiger partial charge in [-0.25, -0.2) is 4.79 Å². The minimum Gasteiger partial charge on any atom is -0.497 e. The Kier molecular flexibility index (Phi) is 6.95. The largest absolute Gasteiger partial charge is 0.497 e. The summed E-state index contributed by atoms with van der Waals surface area (Å²) in [5.74, 6) is -0.981. The summed E-state index contributed by atoms with van der Waals surface area (Å²) in [5.41, 5.74) is 0.493. The third kappa shape index (κ3) is 4.31. The average molecular weight is 359 g/mol. The number of carbonyl (C=O) groups excluding carboxylic acids is 3. The molecule has 140 valence electrons. The van der Waals surface area contributed by atoms with Gasteiger partial charge < -0.3 is 9.47 Å². The second kappa shape index (κ2) is 9.17. The summed E-state index contributed by atoms with van der Waals surface area (Å²) in [4.78, 5) is 39.2. The van der Waals surface area contributed by atoms with Crippen molar-refractivity contribution < 1.29 is 23.9 Å². The van der Waals surface area contributed by atoms with Gasteiger partial charge in [-0.15, -0.1) is 0 Å². The number of carbonyl (C=O) groups is 3. The Labute approximate surface area is 153 Å². The molecule has 0 heterocycles. The van der Waals surface area contributed by atoms with Crippen LogP contribution >= 0.6 is 0 Å². The topological polar surface area (TPSA) is 72.9 Å². The van der Waals surface area contributed by atoms with Crippen LogP contribution < -0.4 is 9.64 Å². The minimum atomic E-state index is -0.998. The molecule has 1 aliphatic carbocycles. The maximum Gasteiger partial charge on any atom is 0.330 e.